The van der Waals surface area contributed by atoms with Crippen LogP contribution in [0.3, 0.4) is 0 Å². The highest BCUT2D eigenvalue weighted by atomic mass is 32.1. The van der Waals surface area contributed by atoms with Gasteiger partial charge in [-0.1, -0.05) is 24.3 Å². The molecule has 1 aliphatic rings. The first-order valence-electron chi connectivity index (χ1n) is 9.04. The zero-order valence-corrected chi connectivity index (χ0v) is 16.0. The number of hydrogen-bond donors (Lipinski definition) is 0. The molecule has 0 bridgehead atoms. The number of aromatic nitrogens is 2. The highest BCUT2D eigenvalue weighted by Gasteiger charge is 2.21. The highest BCUT2D eigenvalue weighted by Crippen LogP contribution is 2.23. The summed E-state index contributed by atoms with van der Waals surface area (Å²) in [5.74, 6) is -0.619. The van der Waals surface area contributed by atoms with E-state index in [-0.39, 0.29) is 18.9 Å². The lowest BCUT2D eigenvalue weighted by Crippen LogP contribution is -2.38. The van der Waals surface area contributed by atoms with Crippen LogP contribution in [0.4, 0.5) is 0 Å². The predicted octanol–water partition coefficient (Wildman–Crippen LogP) is 2.88. The molecule has 142 valence electrons. The standard InChI is InChI=1S/C21H19N3O3S/c25-19(24-9-7-15-4-1-2-5-17(15)12-24)13-27-20(26)10-18-14-28-21(23-18)16-6-3-8-22-11-16/h1-6,8,11,14H,7,9-10,12-13H2. The van der Waals surface area contributed by atoms with Crippen molar-refractivity contribution in [2.24, 2.45) is 0 Å². The van der Waals surface area contributed by atoms with Crippen LogP contribution in [-0.4, -0.2) is 39.9 Å². The van der Waals surface area contributed by atoms with Crippen LogP contribution in [-0.2, 0) is 33.7 Å². The normalized spacial score (nSPS) is 13.1. The lowest BCUT2D eigenvalue weighted by Gasteiger charge is -2.28. The van der Waals surface area contributed by atoms with Gasteiger partial charge in [0.25, 0.3) is 5.91 Å². The number of nitrogens with zero attached hydrogens (tertiary/aromatic N) is 3. The predicted molar refractivity (Wildman–Crippen MR) is 106 cm³/mol. The average molecular weight is 393 g/mol. The number of amides is 1. The number of pyridine rings is 1. The Morgan fingerprint density at radius 3 is 2.82 bits per heavy atom. The van der Waals surface area contributed by atoms with Crippen molar-refractivity contribution in [3.8, 4) is 10.6 Å². The number of rotatable bonds is 5. The summed E-state index contributed by atoms with van der Waals surface area (Å²) in [7, 11) is 0. The number of thiazole rings is 1. The molecule has 0 saturated carbocycles. The van der Waals surface area contributed by atoms with Gasteiger partial charge in [0, 0.05) is 36.4 Å². The zero-order chi connectivity index (χ0) is 19.3. The van der Waals surface area contributed by atoms with Crippen LogP contribution in [0.2, 0.25) is 0 Å². The fraction of sp³-hybridized carbons (Fsp3) is 0.238. The first kappa shape index (κ1) is 18.3. The first-order chi connectivity index (χ1) is 13.7. The summed E-state index contributed by atoms with van der Waals surface area (Å²) in [5, 5.41) is 2.63. The van der Waals surface area contributed by atoms with E-state index >= 15 is 0 Å². The van der Waals surface area contributed by atoms with Gasteiger partial charge in [-0.2, -0.15) is 0 Å². The Labute approximate surface area is 166 Å². The SMILES string of the molecule is O=C(Cc1csc(-c2cccnc2)n1)OCC(=O)N1CCc2ccccc2C1. The van der Waals surface area contributed by atoms with Gasteiger partial charge in [0.1, 0.15) is 5.01 Å². The summed E-state index contributed by atoms with van der Waals surface area (Å²) >= 11 is 1.45. The number of fused-ring (bicyclic) bond motifs is 1. The summed E-state index contributed by atoms with van der Waals surface area (Å²) in [6.45, 7) is 0.974. The number of carbonyl (C=O) groups excluding carboxylic acids is 2. The molecular formula is C21H19N3O3S. The summed E-state index contributed by atoms with van der Waals surface area (Å²) in [4.78, 5) is 34.7. The molecule has 1 aliphatic heterocycles. The largest absolute Gasteiger partial charge is 0.455 e. The smallest absolute Gasteiger partial charge is 0.312 e. The van der Waals surface area contributed by atoms with Gasteiger partial charge >= 0.3 is 5.97 Å². The van der Waals surface area contributed by atoms with E-state index in [0.717, 1.165) is 22.6 Å². The minimum atomic E-state index is -0.450. The summed E-state index contributed by atoms with van der Waals surface area (Å²) in [5.41, 5.74) is 3.97. The molecule has 0 fully saturated rings. The fourth-order valence-electron chi connectivity index (χ4n) is 3.15. The number of carbonyl (C=O) groups is 2. The number of ether oxygens (including phenoxy) is 1. The summed E-state index contributed by atoms with van der Waals surface area (Å²) in [6.07, 6.45) is 4.31. The van der Waals surface area contributed by atoms with E-state index in [2.05, 4.69) is 16.0 Å². The Balaban J connectivity index is 1.28. The number of hydrogen-bond acceptors (Lipinski definition) is 6. The van der Waals surface area contributed by atoms with Crippen LogP contribution in [0.5, 0.6) is 0 Å². The molecule has 0 atom stereocenters. The van der Waals surface area contributed by atoms with Crippen LogP contribution in [0.1, 0.15) is 16.8 Å². The molecule has 0 aliphatic carbocycles. The van der Waals surface area contributed by atoms with E-state index in [9.17, 15) is 9.59 Å². The van der Waals surface area contributed by atoms with Gasteiger partial charge in [-0.15, -0.1) is 11.3 Å². The Morgan fingerprint density at radius 1 is 1.14 bits per heavy atom. The van der Waals surface area contributed by atoms with Gasteiger partial charge in [0.15, 0.2) is 6.61 Å². The third-order valence-corrected chi connectivity index (χ3v) is 5.57. The molecule has 28 heavy (non-hydrogen) atoms. The zero-order valence-electron chi connectivity index (χ0n) is 15.2. The molecule has 3 aromatic rings. The van der Waals surface area contributed by atoms with Crippen molar-refractivity contribution in [1.82, 2.24) is 14.9 Å². The Hall–Kier alpha value is -3.06. The number of benzene rings is 1. The molecule has 0 spiro atoms. The third kappa shape index (κ3) is 4.26. The summed E-state index contributed by atoms with van der Waals surface area (Å²) < 4.78 is 5.19. The lowest BCUT2D eigenvalue weighted by molar-refractivity contribution is -0.151. The Morgan fingerprint density at radius 2 is 2.00 bits per heavy atom. The molecule has 0 saturated heterocycles. The van der Waals surface area contributed by atoms with Crippen molar-refractivity contribution in [2.75, 3.05) is 13.2 Å². The molecule has 1 amide bonds. The quantitative estimate of drug-likeness (QED) is 0.623. The van der Waals surface area contributed by atoms with Crippen LogP contribution in [0.15, 0.2) is 54.2 Å². The van der Waals surface area contributed by atoms with Crippen LogP contribution in [0, 0.1) is 0 Å². The van der Waals surface area contributed by atoms with Gasteiger partial charge in [-0.05, 0) is 29.7 Å². The topological polar surface area (TPSA) is 72.4 Å². The molecule has 3 heterocycles. The van der Waals surface area contributed by atoms with E-state index in [1.807, 2.05) is 35.7 Å². The van der Waals surface area contributed by atoms with E-state index in [1.54, 1.807) is 17.3 Å². The molecule has 6 nitrogen and oxygen atoms in total. The van der Waals surface area contributed by atoms with Gasteiger partial charge in [0.2, 0.25) is 0 Å². The molecular weight excluding hydrogens is 374 g/mol. The van der Waals surface area contributed by atoms with Gasteiger partial charge in [-0.3, -0.25) is 14.6 Å². The molecule has 1 aromatic carbocycles. The molecule has 2 aromatic heterocycles. The minimum Gasteiger partial charge on any atom is -0.455 e. The average Bonchev–Trinajstić information content (AvgIpc) is 3.20. The lowest BCUT2D eigenvalue weighted by atomic mass is 10.00. The van der Waals surface area contributed by atoms with Gasteiger partial charge < -0.3 is 9.64 Å². The summed E-state index contributed by atoms with van der Waals surface area (Å²) in [6, 6.07) is 11.9. The van der Waals surface area contributed by atoms with Crippen molar-refractivity contribution < 1.29 is 14.3 Å². The van der Waals surface area contributed by atoms with Crippen molar-refractivity contribution in [3.63, 3.8) is 0 Å². The molecule has 0 unspecified atom stereocenters. The van der Waals surface area contributed by atoms with E-state index in [4.69, 9.17) is 4.74 Å². The monoisotopic (exact) mass is 393 g/mol. The molecule has 0 radical (unpaired) electrons. The second kappa shape index (κ2) is 8.31. The third-order valence-electron chi connectivity index (χ3n) is 4.63. The molecule has 4 rings (SSSR count). The van der Waals surface area contributed by atoms with Crippen molar-refractivity contribution in [1.29, 1.82) is 0 Å². The maximum absolute atomic E-state index is 12.4. The minimum absolute atomic E-state index is 0.0485. The van der Waals surface area contributed by atoms with Gasteiger partial charge in [-0.25, -0.2) is 4.98 Å². The fourth-order valence-corrected chi connectivity index (χ4v) is 3.96. The van der Waals surface area contributed by atoms with Crippen molar-refractivity contribution >= 4 is 23.2 Å². The van der Waals surface area contributed by atoms with E-state index in [1.165, 1.54) is 16.9 Å². The first-order valence-corrected chi connectivity index (χ1v) is 9.92. The van der Waals surface area contributed by atoms with E-state index < -0.39 is 5.97 Å². The highest BCUT2D eigenvalue weighted by molar-refractivity contribution is 7.13. The van der Waals surface area contributed by atoms with Crippen molar-refractivity contribution in [2.45, 2.75) is 19.4 Å². The Kier molecular flexibility index (Phi) is 5.43. The van der Waals surface area contributed by atoms with Crippen LogP contribution >= 0.6 is 11.3 Å². The van der Waals surface area contributed by atoms with Crippen LogP contribution in [0.25, 0.3) is 10.6 Å². The van der Waals surface area contributed by atoms with Gasteiger partial charge in [0.05, 0.1) is 12.1 Å². The van der Waals surface area contributed by atoms with Crippen molar-refractivity contribution in [3.05, 3.63) is 71.0 Å². The molecule has 7 heteroatoms. The Bertz CT molecular complexity index is 987. The second-order valence-corrected chi connectivity index (χ2v) is 7.42. The molecule has 0 N–H and O–H groups in total. The maximum atomic E-state index is 12.4. The maximum Gasteiger partial charge on any atom is 0.312 e. The van der Waals surface area contributed by atoms with Crippen LogP contribution < -0.4 is 0 Å². The van der Waals surface area contributed by atoms with E-state index in [0.29, 0.717) is 18.8 Å². The second-order valence-electron chi connectivity index (χ2n) is 6.56. The number of esters is 1.